The van der Waals surface area contributed by atoms with Crippen LogP contribution < -0.4 is 10.6 Å². The summed E-state index contributed by atoms with van der Waals surface area (Å²) in [6.45, 7) is 4.46. The summed E-state index contributed by atoms with van der Waals surface area (Å²) in [5.74, 6) is 0. The van der Waals surface area contributed by atoms with Crippen molar-refractivity contribution < 1.29 is 4.74 Å². The monoisotopic (exact) mass is 228 g/mol. The van der Waals surface area contributed by atoms with Crippen LogP contribution in [-0.2, 0) is 4.74 Å². The van der Waals surface area contributed by atoms with Crippen LogP contribution in [0.3, 0.4) is 0 Å². The third-order valence-corrected chi connectivity index (χ3v) is 2.52. The molecule has 0 bridgehead atoms. The molecule has 0 atom stereocenters. The molecule has 15 heavy (non-hydrogen) atoms. The maximum absolute atomic E-state index is 5.94. The molecule has 84 valence electrons. The van der Waals surface area contributed by atoms with Crippen molar-refractivity contribution in [2.75, 3.05) is 37.4 Å². The minimum absolute atomic E-state index is 0.680. The Hall–Kier alpha value is -0.930. The van der Waals surface area contributed by atoms with Gasteiger partial charge in [0.15, 0.2) is 0 Å². The number of nitrogens with zero attached hydrogens (tertiary/aromatic N) is 1. The van der Waals surface area contributed by atoms with Gasteiger partial charge < -0.3 is 15.4 Å². The molecule has 0 aliphatic carbocycles. The summed E-state index contributed by atoms with van der Waals surface area (Å²) < 4.78 is 5.05. The highest BCUT2D eigenvalue weighted by Crippen LogP contribution is 2.26. The minimum atomic E-state index is 0.680. The number of methoxy groups -OCH3 is 1. The lowest BCUT2D eigenvalue weighted by molar-refractivity contribution is 0.205. The summed E-state index contributed by atoms with van der Waals surface area (Å²) in [6.07, 6.45) is 0. The molecule has 2 N–H and O–H groups in total. The van der Waals surface area contributed by atoms with Crippen molar-refractivity contribution in [3.63, 3.8) is 0 Å². The molecule has 0 aliphatic rings. The fraction of sp³-hybridized carbons (Fsp3) is 0.455. The van der Waals surface area contributed by atoms with Crippen LogP contribution in [0.15, 0.2) is 18.2 Å². The van der Waals surface area contributed by atoms with Gasteiger partial charge in [-0.3, -0.25) is 0 Å². The first kappa shape index (κ1) is 12.1. The fourth-order valence-corrected chi connectivity index (χ4v) is 1.61. The predicted octanol–water partition coefficient (Wildman–Crippen LogP) is 2.39. The van der Waals surface area contributed by atoms with Gasteiger partial charge in [0.25, 0.3) is 0 Å². The molecule has 0 saturated carbocycles. The normalized spacial score (nSPS) is 10.3. The van der Waals surface area contributed by atoms with E-state index in [1.807, 2.05) is 12.1 Å². The van der Waals surface area contributed by atoms with Crippen molar-refractivity contribution in [2.24, 2.45) is 0 Å². The van der Waals surface area contributed by atoms with Crippen LogP contribution in [0.2, 0.25) is 5.02 Å². The van der Waals surface area contributed by atoms with Gasteiger partial charge in [-0.15, -0.1) is 0 Å². The molecule has 0 amide bonds. The zero-order chi connectivity index (χ0) is 11.3. The van der Waals surface area contributed by atoms with E-state index in [2.05, 4.69) is 11.8 Å². The standard InChI is InChI=1S/C11H17ClN2O/c1-3-14(6-7-15-2)11-8-9(12)4-5-10(11)13/h4-5,8H,3,6-7,13H2,1-2H3. The summed E-state index contributed by atoms with van der Waals surface area (Å²) in [7, 11) is 1.69. The second-order valence-corrected chi connectivity index (χ2v) is 3.71. The van der Waals surface area contributed by atoms with Crippen molar-refractivity contribution in [1.29, 1.82) is 0 Å². The SMILES string of the molecule is CCN(CCOC)c1cc(Cl)ccc1N. The largest absolute Gasteiger partial charge is 0.397 e. The number of hydrogen-bond acceptors (Lipinski definition) is 3. The summed E-state index contributed by atoms with van der Waals surface area (Å²) in [5, 5.41) is 0.704. The van der Waals surface area contributed by atoms with Gasteiger partial charge in [-0.2, -0.15) is 0 Å². The molecule has 1 rings (SSSR count). The van der Waals surface area contributed by atoms with Crippen molar-refractivity contribution in [2.45, 2.75) is 6.92 Å². The highest BCUT2D eigenvalue weighted by atomic mass is 35.5. The van der Waals surface area contributed by atoms with Crippen LogP contribution in [0.5, 0.6) is 0 Å². The van der Waals surface area contributed by atoms with E-state index in [1.165, 1.54) is 0 Å². The van der Waals surface area contributed by atoms with E-state index in [-0.39, 0.29) is 0 Å². The van der Waals surface area contributed by atoms with Gasteiger partial charge in [0.2, 0.25) is 0 Å². The Labute approximate surface area is 95.8 Å². The highest BCUT2D eigenvalue weighted by molar-refractivity contribution is 6.31. The molecule has 0 unspecified atom stereocenters. The molecule has 0 aliphatic heterocycles. The van der Waals surface area contributed by atoms with E-state index in [9.17, 15) is 0 Å². The topological polar surface area (TPSA) is 38.5 Å². The average Bonchev–Trinajstić information content (AvgIpc) is 2.24. The first-order valence-electron chi connectivity index (χ1n) is 4.98. The molecule has 0 aromatic heterocycles. The maximum atomic E-state index is 5.94. The molecule has 0 heterocycles. The Kier molecular flexibility index (Phi) is 4.72. The van der Waals surface area contributed by atoms with E-state index in [1.54, 1.807) is 13.2 Å². The molecular weight excluding hydrogens is 212 g/mol. The van der Waals surface area contributed by atoms with Crippen LogP contribution in [0.1, 0.15) is 6.92 Å². The van der Waals surface area contributed by atoms with Gasteiger partial charge >= 0.3 is 0 Å². The molecular formula is C11H17ClN2O. The summed E-state index contributed by atoms with van der Waals surface area (Å²) >= 11 is 5.94. The van der Waals surface area contributed by atoms with Crippen LogP contribution in [0.4, 0.5) is 11.4 Å². The van der Waals surface area contributed by atoms with E-state index >= 15 is 0 Å². The smallest absolute Gasteiger partial charge is 0.0637 e. The summed E-state index contributed by atoms with van der Waals surface area (Å²) in [5.41, 5.74) is 7.62. The molecule has 1 aromatic carbocycles. The van der Waals surface area contributed by atoms with E-state index < -0.39 is 0 Å². The van der Waals surface area contributed by atoms with Crippen LogP contribution in [-0.4, -0.2) is 26.8 Å². The van der Waals surface area contributed by atoms with Gasteiger partial charge in [0.1, 0.15) is 0 Å². The second kappa shape index (κ2) is 5.83. The third-order valence-electron chi connectivity index (χ3n) is 2.28. The Morgan fingerprint density at radius 1 is 1.47 bits per heavy atom. The molecule has 0 spiro atoms. The van der Waals surface area contributed by atoms with Crippen molar-refractivity contribution >= 4 is 23.0 Å². The number of likely N-dealkylation sites (N-methyl/N-ethyl adjacent to an activating group) is 1. The second-order valence-electron chi connectivity index (χ2n) is 3.28. The van der Waals surface area contributed by atoms with E-state index in [0.717, 1.165) is 24.5 Å². The Morgan fingerprint density at radius 3 is 2.80 bits per heavy atom. The Morgan fingerprint density at radius 2 is 2.20 bits per heavy atom. The maximum Gasteiger partial charge on any atom is 0.0637 e. The number of benzene rings is 1. The summed E-state index contributed by atoms with van der Waals surface area (Å²) in [4.78, 5) is 2.14. The number of ether oxygens (including phenoxy) is 1. The zero-order valence-corrected chi connectivity index (χ0v) is 9.92. The number of anilines is 2. The number of rotatable bonds is 5. The van der Waals surface area contributed by atoms with Crippen LogP contribution >= 0.6 is 11.6 Å². The van der Waals surface area contributed by atoms with E-state index in [4.69, 9.17) is 22.1 Å². The first-order chi connectivity index (χ1) is 7.19. The van der Waals surface area contributed by atoms with Gasteiger partial charge in [-0.1, -0.05) is 11.6 Å². The van der Waals surface area contributed by atoms with Crippen molar-refractivity contribution in [3.05, 3.63) is 23.2 Å². The van der Waals surface area contributed by atoms with Gasteiger partial charge in [0.05, 0.1) is 18.0 Å². The number of halogens is 1. The lowest BCUT2D eigenvalue weighted by Gasteiger charge is -2.24. The Bertz CT molecular complexity index is 317. The van der Waals surface area contributed by atoms with Crippen molar-refractivity contribution in [3.8, 4) is 0 Å². The third kappa shape index (κ3) is 3.29. The number of nitrogen functional groups attached to an aromatic ring is 1. The van der Waals surface area contributed by atoms with Gasteiger partial charge in [-0.05, 0) is 25.1 Å². The zero-order valence-electron chi connectivity index (χ0n) is 9.16. The predicted molar refractivity (Wildman–Crippen MR) is 65.6 cm³/mol. The lowest BCUT2D eigenvalue weighted by Crippen LogP contribution is -2.27. The average molecular weight is 229 g/mol. The quantitative estimate of drug-likeness (QED) is 0.787. The molecule has 0 radical (unpaired) electrons. The fourth-order valence-electron chi connectivity index (χ4n) is 1.44. The molecule has 0 fully saturated rings. The van der Waals surface area contributed by atoms with E-state index in [0.29, 0.717) is 11.6 Å². The highest BCUT2D eigenvalue weighted by Gasteiger charge is 2.08. The van der Waals surface area contributed by atoms with Crippen LogP contribution in [0.25, 0.3) is 0 Å². The van der Waals surface area contributed by atoms with Crippen molar-refractivity contribution in [1.82, 2.24) is 0 Å². The van der Waals surface area contributed by atoms with Crippen LogP contribution in [0, 0.1) is 0 Å². The van der Waals surface area contributed by atoms with Gasteiger partial charge in [0, 0.05) is 25.2 Å². The minimum Gasteiger partial charge on any atom is -0.397 e. The molecule has 0 saturated heterocycles. The molecule has 3 nitrogen and oxygen atoms in total. The number of hydrogen-bond donors (Lipinski definition) is 1. The lowest BCUT2D eigenvalue weighted by atomic mass is 10.2. The number of nitrogens with two attached hydrogens (primary N) is 1. The summed E-state index contributed by atoms with van der Waals surface area (Å²) in [6, 6.07) is 5.51. The van der Waals surface area contributed by atoms with Gasteiger partial charge in [-0.25, -0.2) is 0 Å². The Balaban J connectivity index is 2.85. The first-order valence-corrected chi connectivity index (χ1v) is 5.35. The molecule has 1 aromatic rings. The molecule has 4 heteroatoms.